The molecular weight excluding hydrogens is 199 g/mol. The summed E-state index contributed by atoms with van der Waals surface area (Å²) in [5.41, 5.74) is 0. The van der Waals surface area contributed by atoms with Crippen LogP contribution in [-0.2, 0) is 24.5 Å². The Kier molecular flexibility index (Phi) is 3.67. The minimum absolute atomic E-state index is 1.23. The van der Waals surface area contributed by atoms with Crippen molar-refractivity contribution in [2.45, 2.75) is 0 Å². The maximum absolute atomic E-state index is 10.2. The van der Waals surface area contributed by atoms with E-state index in [4.69, 9.17) is 9.79 Å². The Balaban J connectivity index is 4.00. The zero-order valence-corrected chi connectivity index (χ0v) is 6.83. The number of rotatable bonds is 3. The summed E-state index contributed by atoms with van der Waals surface area (Å²) in [4.78, 5) is 26.4. The Hall–Kier alpha value is -0.430. The van der Waals surface area contributed by atoms with Gasteiger partial charge in [0, 0.05) is 0 Å². The van der Waals surface area contributed by atoms with E-state index in [9.17, 15) is 17.8 Å². The molecule has 0 saturated carbocycles. The van der Waals surface area contributed by atoms with Crippen molar-refractivity contribution >= 4 is 24.6 Å². The molecule has 2 N–H and O–H groups in total. The van der Waals surface area contributed by atoms with E-state index in [1.807, 2.05) is 0 Å². The van der Waals surface area contributed by atoms with Gasteiger partial charge < -0.3 is 14.0 Å². The molecule has 0 radical (unpaired) electrons. The van der Waals surface area contributed by atoms with E-state index in [1.54, 1.807) is 0 Å². The highest BCUT2D eigenvalue weighted by molar-refractivity contribution is 7.67. The highest BCUT2D eigenvalue weighted by Crippen LogP contribution is 2.33. The van der Waals surface area contributed by atoms with Crippen LogP contribution in [0.15, 0.2) is 0 Å². The largest absolute Gasteiger partial charge is 0.347 e. The van der Waals surface area contributed by atoms with Gasteiger partial charge >= 0.3 is 24.6 Å². The maximum atomic E-state index is 10.2. The third-order valence-electron chi connectivity index (χ3n) is 0.511. The van der Waals surface area contributed by atoms with Crippen molar-refractivity contribution in [2.24, 2.45) is 0 Å². The first-order chi connectivity index (χ1) is 4.81. The van der Waals surface area contributed by atoms with Gasteiger partial charge in [-0.25, -0.2) is 0 Å². The number of thiol groups is 1. The normalized spacial score (nSPS) is 11.5. The number of carbonyl (C=O) groups excluding carboxylic acids is 1. The van der Waals surface area contributed by atoms with Crippen LogP contribution in [0.2, 0.25) is 0 Å². The number of carbonyl (C=O) groups is 1. The highest BCUT2D eigenvalue weighted by atomic mass is 32.2. The molecule has 0 aliphatic rings. The Morgan fingerprint density at radius 2 is 1.91 bits per heavy atom. The van der Waals surface area contributed by atoms with Crippen LogP contribution >= 0.6 is 7.60 Å². The lowest BCUT2D eigenvalue weighted by atomic mass is 10.8. The second-order valence-corrected chi connectivity index (χ2v) is 3.79. The quantitative estimate of drug-likeness (QED) is 0.368. The minimum Gasteiger partial charge on any atom is -0.347 e. The van der Waals surface area contributed by atoms with Crippen molar-refractivity contribution < 1.29 is 31.7 Å². The molecule has 0 bridgehead atoms. The Labute approximate surface area is 63.3 Å². The topological polar surface area (TPSA) is 118 Å². The first-order valence-corrected chi connectivity index (χ1v) is 5.10. The molecule has 0 saturated heterocycles. The van der Waals surface area contributed by atoms with Gasteiger partial charge in [0.15, 0.2) is 0 Å². The molecule has 0 spiro atoms. The fourth-order valence-electron chi connectivity index (χ4n) is 0.280. The van der Waals surface area contributed by atoms with Gasteiger partial charge in [-0.3, -0.25) is 9.36 Å². The second-order valence-electron chi connectivity index (χ2n) is 1.51. The lowest BCUT2D eigenvalue weighted by Gasteiger charge is -1.98. The van der Waals surface area contributed by atoms with E-state index in [1.165, 1.54) is 0 Å². The Bertz CT molecular complexity index is 252. The summed E-state index contributed by atoms with van der Waals surface area (Å²) >= 11 is 0. The van der Waals surface area contributed by atoms with Crippen molar-refractivity contribution in [2.75, 3.05) is 6.16 Å². The van der Waals surface area contributed by atoms with Crippen LogP contribution in [0, 0.1) is 0 Å². The van der Waals surface area contributed by atoms with E-state index in [0.29, 0.717) is 0 Å². The van der Waals surface area contributed by atoms with Crippen LogP contribution in [0.4, 0.5) is 0 Å². The summed E-state index contributed by atoms with van der Waals surface area (Å²) in [6, 6.07) is 0. The molecule has 0 atom stereocenters. The second kappa shape index (κ2) is 3.82. The average molecular weight is 204 g/mol. The first kappa shape index (κ1) is 10.6. The van der Waals surface area contributed by atoms with Crippen LogP contribution < -0.4 is 0 Å². The molecular formula is C2H5O7PS. The van der Waals surface area contributed by atoms with E-state index >= 15 is 0 Å². The van der Waals surface area contributed by atoms with Crippen molar-refractivity contribution in [3.05, 3.63) is 0 Å². The number of hydrogen-bond donors (Lipinski definition) is 3. The highest BCUT2D eigenvalue weighted by Gasteiger charge is 2.20. The summed E-state index contributed by atoms with van der Waals surface area (Å²) in [6.07, 6.45) is -1.23. The fraction of sp³-hybridized carbons (Fsp3) is 0.500. The third kappa shape index (κ3) is 7.47. The summed E-state index contributed by atoms with van der Waals surface area (Å²) in [5.74, 6) is -1.46. The van der Waals surface area contributed by atoms with Gasteiger partial charge in [0.1, 0.15) is 6.16 Å². The van der Waals surface area contributed by atoms with E-state index in [2.05, 4.69) is 4.18 Å². The number of hydrogen-bond acceptors (Lipinski definition) is 5. The molecule has 66 valence electrons. The van der Waals surface area contributed by atoms with Gasteiger partial charge in [0.2, 0.25) is 0 Å². The lowest BCUT2D eigenvalue weighted by molar-refractivity contribution is -0.130. The molecule has 0 amide bonds. The van der Waals surface area contributed by atoms with Gasteiger partial charge in [-0.15, -0.1) is 0 Å². The van der Waals surface area contributed by atoms with Crippen molar-refractivity contribution in [1.82, 2.24) is 0 Å². The molecule has 0 aromatic carbocycles. The lowest BCUT2D eigenvalue weighted by Crippen LogP contribution is -2.08. The van der Waals surface area contributed by atoms with Crippen molar-refractivity contribution in [1.29, 1.82) is 0 Å². The Morgan fingerprint density at radius 1 is 1.45 bits per heavy atom. The molecule has 11 heavy (non-hydrogen) atoms. The monoisotopic (exact) mass is 204 g/mol. The standard InChI is InChI=1S/C2H5O7PS/c3-2(9-11(7)8)1-10(4,5)6/h11H,1H2,(H2,4,5,6). The predicted molar refractivity (Wildman–Crippen MR) is 33.3 cm³/mol. The first-order valence-electron chi connectivity index (χ1n) is 2.21. The smallest absolute Gasteiger partial charge is 0.336 e. The summed E-state index contributed by atoms with van der Waals surface area (Å²) in [7, 11) is -7.91. The fourth-order valence-corrected chi connectivity index (χ4v) is 1.01. The van der Waals surface area contributed by atoms with Crippen molar-refractivity contribution in [3.8, 4) is 0 Å². The molecule has 0 heterocycles. The van der Waals surface area contributed by atoms with Gasteiger partial charge in [0.05, 0.1) is 0 Å². The molecule has 7 nitrogen and oxygen atoms in total. The molecule has 0 fully saturated rings. The molecule has 0 unspecified atom stereocenters. The molecule has 0 rings (SSSR count). The summed E-state index contributed by atoms with van der Waals surface area (Å²) in [5, 5.41) is 0. The molecule has 9 heteroatoms. The predicted octanol–water partition coefficient (Wildman–Crippen LogP) is -1.77. The van der Waals surface area contributed by atoms with E-state index in [-0.39, 0.29) is 0 Å². The van der Waals surface area contributed by atoms with Crippen LogP contribution in [0.5, 0.6) is 0 Å². The van der Waals surface area contributed by atoms with Crippen molar-refractivity contribution in [3.63, 3.8) is 0 Å². The molecule has 0 aromatic heterocycles. The van der Waals surface area contributed by atoms with Gasteiger partial charge in [-0.1, -0.05) is 0 Å². The average Bonchev–Trinajstić information content (AvgIpc) is 1.53. The summed E-state index contributed by atoms with van der Waals surface area (Å²) < 4.78 is 32.7. The van der Waals surface area contributed by atoms with Crippen LogP contribution in [0.25, 0.3) is 0 Å². The van der Waals surface area contributed by atoms with Gasteiger partial charge in [-0.05, 0) is 0 Å². The van der Waals surface area contributed by atoms with E-state index < -0.39 is 30.7 Å². The van der Waals surface area contributed by atoms with Gasteiger partial charge in [-0.2, -0.15) is 8.42 Å². The molecule has 0 aliphatic carbocycles. The van der Waals surface area contributed by atoms with Crippen LogP contribution in [-0.4, -0.2) is 30.3 Å². The molecule has 0 aliphatic heterocycles. The zero-order chi connectivity index (χ0) is 9.07. The summed E-state index contributed by atoms with van der Waals surface area (Å²) in [6.45, 7) is 0. The van der Waals surface area contributed by atoms with Crippen LogP contribution in [0.1, 0.15) is 0 Å². The maximum Gasteiger partial charge on any atom is 0.336 e. The SMILES string of the molecule is O=C(CP(=O)(O)O)O[SH](=O)=O. The third-order valence-corrected chi connectivity index (χ3v) is 1.53. The molecule has 0 aromatic rings. The minimum atomic E-state index is -4.52. The Morgan fingerprint density at radius 3 is 2.18 bits per heavy atom. The zero-order valence-electron chi connectivity index (χ0n) is 5.04. The van der Waals surface area contributed by atoms with E-state index in [0.717, 1.165) is 0 Å². The van der Waals surface area contributed by atoms with Gasteiger partial charge in [0.25, 0.3) is 0 Å². The van der Waals surface area contributed by atoms with Crippen LogP contribution in [0.3, 0.4) is 0 Å².